The molecule has 0 fully saturated rings. The summed E-state index contributed by atoms with van der Waals surface area (Å²) >= 11 is 0. The number of hydrogen-bond acceptors (Lipinski definition) is 5. The van der Waals surface area contributed by atoms with Gasteiger partial charge in [-0.3, -0.25) is 13.9 Å². The van der Waals surface area contributed by atoms with Crippen molar-refractivity contribution in [2.75, 3.05) is 34.3 Å². The number of rotatable bonds is 8. The van der Waals surface area contributed by atoms with Crippen LogP contribution in [0.25, 0.3) is 0 Å². The highest BCUT2D eigenvalue weighted by Crippen LogP contribution is 2.40. The van der Waals surface area contributed by atoms with Crippen molar-refractivity contribution in [2.45, 2.75) is 13.2 Å². The van der Waals surface area contributed by atoms with E-state index in [2.05, 4.69) is 16.4 Å². The molecule has 0 aliphatic carbocycles. The molecule has 0 saturated heterocycles. The van der Waals surface area contributed by atoms with E-state index in [-0.39, 0.29) is 19.1 Å². The van der Waals surface area contributed by atoms with Gasteiger partial charge in [0.1, 0.15) is 0 Å². The fourth-order valence-electron chi connectivity index (χ4n) is 0.763. The minimum atomic E-state index is -4.36. The molecule has 0 rings (SSSR count). The quantitative estimate of drug-likeness (QED) is 0.219. The van der Waals surface area contributed by atoms with Crippen molar-refractivity contribution in [1.82, 2.24) is 5.32 Å². The van der Waals surface area contributed by atoms with Crippen LogP contribution in [-0.2, 0) is 18.4 Å². The first kappa shape index (κ1) is 17.3. The van der Waals surface area contributed by atoms with Crippen molar-refractivity contribution in [3.8, 4) is 0 Å². The summed E-state index contributed by atoms with van der Waals surface area (Å²) in [5.74, 6) is -0.389. The number of carbonyl (C=O) groups excluding carboxylic acids is 1. The second kappa shape index (κ2) is 7.01. The molecule has 0 aliphatic rings. The van der Waals surface area contributed by atoms with Gasteiger partial charge in [0.2, 0.25) is 5.91 Å². The molecule has 0 saturated carbocycles. The molecule has 0 bridgehead atoms. The third-order valence-corrected chi connectivity index (χ3v) is 3.27. The maximum Gasteiger partial charge on any atom is 0.272 e. The van der Waals surface area contributed by atoms with Crippen molar-refractivity contribution in [1.29, 1.82) is 0 Å². The zero-order chi connectivity index (χ0) is 14.4. The van der Waals surface area contributed by atoms with E-state index in [1.54, 1.807) is 28.1 Å². The standard InChI is InChI=1S/C10H21N2O5P/c1-6-10(13)11-7-8-16-18(14,15)17-9(2)12(3,4)5/h6,9H,1,7-8H2,2-5H3,(H-,11,13,14,15). The van der Waals surface area contributed by atoms with E-state index in [9.17, 15) is 14.3 Å². The van der Waals surface area contributed by atoms with Crippen LogP contribution in [0.2, 0.25) is 0 Å². The molecule has 106 valence electrons. The highest BCUT2D eigenvalue weighted by molar-refractivity contribution is 7.45. The van der Waals surface area contributed by atoms with E-state index in [1.165, 1.54) is 0 Å². The Labute approximate surface area is 108 Å². The molecule has 8 heteroatoms. The lowest BCUT2D eigenvalue weighted by atomic mass is 10.5. The first-order valence-corrected chi connectivity index (χ1v) is 6.90. The third kappa shape index (κ3) is 7.58. The molecule has 0 aromatic rings. The maximum atomic E-state index is 11.4. The first-order chi connectivity index (χ1) is 8.08. The first-order valence-electron chi connectivity index (χ1n) is 5.44. The molecule has 0 aliphatic heterocycles. The summed E-state index contributed by atoms with van der Waals surface area (Å²) in [7, 11) is 1.05. The lowest BCUT2D eigenvalue weighted by Gasteiger charge is -2.34. The average Bonchev–Trinajstić information content (AvgIpc) is 2.22. The minimum absolute atomic E-state index is 0.0687. The molecule has 0 radical (unpaired) electrons. The van der Waals surface area contributed by atoms with E-state index >= 15 is 0 Å². The molecule has 0 aromatic carbocycles. The molecule has 0 heterocycles. The van der Waals surface area contributed by atoms with Gasteiger partial charge in [0.05, 0.1) is 27.7 Å². The molecule has 2 atom stereocenters. The molecule has 1 N–H and O–H groups in total. The van der Waals surface area contributed by atoms with E-state index < -0.39 is 14.1 Å². The second-order valence-electron chi connectivity index (χ2n) is 4.60. The largest absolute Gasteiger partial charge is 0.756 e. The van der Waals surface area contributed by atoms with Crippen molar-refractivity contribution in [2.24, 2.45) is 0 Å². The summed E-state index contributed by atoms with van der Waals surface area (Å²) in [6, 6.07) is 0. The van der Waals surface area contributed by atoms with Gasteiger partial charge in [0.25, 0.3) is 7.82 Å². The van der Waals surface area contributed by atoms with Gasteiger partial charge in [-0.1, -0.05) is 6.58 Å². The molecule has 18 heavy (non-hydrogen) atoms. The van der Waals surface area contributed by atoms with E-state index in [4.69, 9.17) is 4.52 Å². The number of phosphoric acid groups is 1. The van der Waals surface area contributed by atoms with Gasteiger partial charge in [-0.2, -0.15) is 0 Å². The van der Waals surface area contributed by atoms with Crippen molar-refractivity contribution < 1.29 is 27.8 Å². The van der Waals surface area contributed by atoms with Crippen molar-refractivity contribution in [3.05, 3.63) is 12.7 Å². The molecule has 1 amide bonds. The number of nitrogens with one attached hydrogen (secondary N) is 1. The molecule has 7 nitrogen and oxygen atoms in total. The molecule has 0 aromatic heterocycles. The summed E-state index contributed by atoms with van der Waals surface area (Å²) in [5, 5.41) is 2.39. The monoisotopic (exact) mass is 280 g/mol. The normalized spacial score (nSPS) is 16.7. The predicted molar refractivity (Wildman–Crippen MR) is 65.3 cm³/mol. The van der Waals surface area contributed by atoms with Gasteiger partial charge in [-0.05, 0) is 6.08 Å². The topological polar surface area (TPSA) is 87.7 Å². The number of hydrogen-bond donors (Lipinski definition) is 1. The van der Waals surface area contributed by atoms with E-state index in [0.29, 0.717) is 4.48 Å². The Hall–Kier alpha value is -0.720. The fraction of sp³-hybridized carbons (Fsp3) is 0.700. The summed E-state index contributed by atoms with van der Waals surface area (Å²) in [4.78, 5) is 22.2. The van der Waals surface area contributed by atoms with Crippen LogP contribution in [0.3, 0.4) is 0 Å². The SMILES string of the molecule is C=CC(=O)NCCOP(=O)([O-])OC(C)[N+](C)(C)C. The molecule has 0 spiro atoms. The zero-order valence-corrected chi connectivity index (χ0v) is 12.1. The van der Waals surface area contributed by atoms with Gasteiger partial charge in [-0.15, -0.1) is 0 Å². The Bertz CT molecular complexity index is 340. The summed E-state index contributed by atoms with van der Waals surface area (Å²) in [6.07, 6.45) is 0.531. The van der Waals surface area contributed by atoms with Crippen molar-refractivity contribution >= 4 is 13.7 Å². The maximum absolute atomic E-state index is 11.4. The van der Waals surface area contributed by atoms with E-state index in [0.717, 1.165) is 6.08 Å². The Kier molecular flexibility index (Phi) is 6.73. The lowest BCUT2D eigenvalue weighted by molar-refractivity contribution is -0.913. The molecular weight excluding hydrogens is 259 g/mol. The average molecular weight is 280 g/mol. The highest BCUT2D eigenvalue weighted by atomic mass is 31.2. The van der Waals surface area contributed by atoms with Crippen LogP contribution < -0.4 is 10.2 Å². The Morgan fingerprint density at radius 1 is 1.56 bits per heavy atom. The molecule has 2 unspecified atom stereocenters. The fourth-order valence-corrected chi connectivity index (χ4v) is 1.79. The van der Waals surface area contributed by atoms with Crippen LogP contribution in [0.4, 0.5) is 0 Å². The number of phosphoric ester groups is 1. The summed E-state index contributed by atoms with van der Waals surface area (Å²) in [6.45, 7) is 4.78. The van der Waals surface area contributed by atoms with Crippen LogP contribution >= 0.6 is 7.82 Å². The van der Waals surface area contributed by atoms with Gasteiger partial charge < -0.3 is 19.2 Å². The van der Waals surface area contributed by atoms with Gasteiger partial charge in [-0.25, -0.2) is 0 Å². The van der Waals surface area contributed by atoms with Crippen LogP contribution in [0.1, 0.15) is 6.92 Å². The van der Waals surface area contributed by atoms with Crippen LogP contribution in [0.15, 0.2) is 12.7 Å². The number of carbonyl (C=O) groups is 1. The summed E-state index contributed by atoms with van der Waals surface area (Å²) in [5.41, 5.74) is 0. The van der Waals surface area contributed by atoms with Crippen LogP contribution in [-0.4, -0.2) is 50.9 Å². The Morgan fingerprint density at radius 2 is 2.11 bits per heavy atom. The van der Waals surface area contributed by atoms with E-state index in [1.807, 2.05) is 0 Å². The van der Waals surface area contributed by atoms with Crippen LogP contribution in [0, 0.1) is 0 Å². The molecular formula is C10H21N2O5P. The predicted octanol–water partition coefficient (Wildman–Crippen LogP) is -0.158. The smallest absolute Gasteiger partial charge is 0.272 e. The van der Waals surface area contributed by atoms with Crippen LogP contribution in [0.5, 0.6) is 0 Å². The lowest BCUT2D eigenvalue weighted by Crippen LogP contribution is -2.45. The second-order valence-corrected chi connectivity index (χ2v) is 5.96. The minimum Gasteiger partial charge on any atom is -0.756 e. The summed E-state index contributed by atoms with van der Waals surface area (Å²) < 4.78 is 21.2. The van der Waals surface area contributed by atoms with Crippen molar-refractivity contribution in [3.63, 3.8) is 0 Å². The van der Waals surface area contributed by atoms with Gasteiger partial charge >= 0.3 is 0 Å². The van der Waals surface area contributed by atoms with Gasteiger partial charge in [0.15, 0.2) is 6.23 Å². The Morgan fingerprint density at radius 3 is 2.56 bits per heavy atom. The third-order valence-electron chi connectivity index (χ3n) is 2.21. The Balaban J connectivity index is 4.05. The van der Waals surface area contributed by atoms with Gasteiger partial charge in [0, 0.05) is 13.5 Å². The zero-order valence-electron chi connectivity index (χ0n) is 11.2. The number of quaternary nitrogens is 1. The highest BCUT2D eigenvalue weighted by Gasteiger charge is 2.24. The number of amides is 1. The number of nitrogens with zero attached hydrogens (tertiary/aromatic N) is 1.